The molecule has 5 nitrogen and oxygen atoms in total. The normalized spacial score (nSPS) is 14.4. The first-order valence-electron chi connectivity index (χ1n) is 7.50. The molecule has 1 aromatic rings. The summed E-state index contributed by atoms with van der Waals surface area (Å²) in [5.41, 5.74) is 0. The molecule has 1 aliphatic rings. The summed E-state index contributed by atoms with van der Waals surface area (Å²) in [5, 5.41) is 0. The fraction of sp³-hybridized carbons (Fsp3) is 0.500. The van der Waals surface area contributed by atoms with Crippen molar-refractivity contribution in [1.29, 1.82) is 0 Å². The zero-order valence-corrected chi connectivity index (χ0v) is 12.9. The number of nitrogens with zero attached hydrogens (tertiary/aromatic N) is 2. The minimum Gasteiger partial charge on any atom is -0.481 e. The van der Waals surface area contributed by atoms with Gasteiger partial charge in [0, 0.05) is 26.2 Å². The van der Waals surface area contributed by atoms with Crippen LogP contribution in [0.5, 0.6) is 5.75 Å². The number of likely N-dealkylation sites (tertiary alicyclic amines) is 1. The number of benzene rings is 1. The predicted molar refractivity (Wildman–Crippen MR) is 79.9 cm³/mol. The molecule has 1 heterocycles. The maximum atomic E-state index is 13.4. The highest BCUT2D eigenvalue weighted by atomic mass is 19.1. The van der Waals surface area contributed by atoms with Gasteiger partial charge in [-0.15, -0.1) is 0 Å². The van der Waals surface area contributed by atoms with Crippen molar-refractivity contribution in [3.8, 4) is 5.75 Å². The third-order valence-electron chi connectivity index (χ3n) is 3.85. The van der Waals surface area contributed by atoms with Crippen molar-refractivity contribution < 1.29 is 18.7 Å². The molecule has 1 fully saturated rings. The molecule has 1 aliphatic heterocycles. The van der Waals surface area contributed by atoms with E-state index in [1.165, 1.54) is 12.1 Å². The average Bonchev–Trinajstić information content (AvgIpc) is 2.46. The van der Waals surface area contributed by atoms with E-state index in [0.717, 1.165) is 0 Å². The van der Waals surface area contributed by atoms with Gasteiger partial charge in [-0.1, -0.05) is 12.1 Å². The third-order valence-corrected chi connectivity index (χ3v) is 3.85. The van der Waals surface area contributed by atoms with E-state index in [1.54, 1.807) is 21.9 Å². The predicted octanol–water partition coefficient (Wildman–Crippen LogP) is 1.53. The van der Waals surface area contributed by atoms with Crippen molar-refractivity contribution in [2.45, 2.75) is 13.8 Å². The number of hydrogen-bond acceptors (Lipinski definition) is 3. The molecule has 120 valence electrons. The molecular weight excluding hydrogens is 287 g/mol. The Balaban J connectivity index is 1.77. The van der Waals surface area contributed by atoms with E-state index in [4.69, 9.17) is 4.74 Å². The summed E-state index contributed by atoms with van der Waals surface area (Å²) in [6.45, 7) is 5.83. The summed E-state index contributed by atoms with van der Waals surface area (Å²) in [4.78, 5) is 27.4. The minimum absolute atomic E-state index is 0.0622. The summed E-state index contributed by atoms with van der Waals surface area (Å²) >= 11 is 0. The Morgan fingerprint density at radius 1 is 1.27 bits per heavy atom. The van der Waals surface area contributed by atoms with Crippen molar-refractivity contribution in [2.24, 2.45) is 5.92 Å². The summed E-state index contributed by atoms with van der Waals surface area (Å²) in [6.07, 6.45) is 0. The van der Waals surface area contributed by atoms with Gasteiger partial charge in [0.1, 0.15) is 0 Å². The number of amides is 2. The maximum Gasteiger partial charge on any atom is 0.260 e. The van der Waals surface area contributed by atoms with Gasteiger partial charge in [-0.2, -0.15) is 0 Å². The lowest BCUT2D eigenvalue weighted by Gasteiger charge is -2.40. The fourth-order valence-corrected chi connectivity index (χ4v) is 2.42. The summed E-state index contributed by atoms with van der Waals surface area (Å²) in [7, 11) is 0. The molecule has 0 N–H and O–H groups in total. The van der Waals surface area contributed by atoms with Crippen molar-refractivity contribution >= 4 is 11.8 Å². The molecular formula is C16H21FN2O3. The zero-order chi connectivity index (χ0) is 16.1. The number of carbonyl (C=O) groups excluding carboxylic acids is 2. The molecule has 0 aromatic heterocycles. The van der Waals surface area contributed by atoms with Gasteiger partial charge in [-0.05, 0) is 26.0 Å². The minimum atomic E-state index is -0.492. The lowest BCUT2D eigenvalue weighted by atomic mass is 9.98. The first-order chi connectivity index (χ1) is 10.6. The Morgan fingerprint density at radius 2 is 1.91 bits per heavy atom. The van der Waals surface area contributed by atoms with Crippen molar-refractivity contribution in [1.82, 2.24) is 9.80 Å². The van der Waals surface area contributed by atoms with Crippen LogP contribution in [0.15, 0.2) is 24.3 Å². The van der Waals surface area contributed by atoms with E-state index < -0.39 is 5.82 Å². The SMILES string of the molecule is CCN(CC)C(=O)C1CN(C(=O)COc2ccccc2F)C1. The highest BCUT2D eigenvalue weighted by Gasteiger charge is 2.37. The number of hydrogen-bond donors (Lipinski definition) is 0. The van der Waals surface area contributed by atoms with Gasteiger partial charge in [-0.3, -0.25) is 9.59 Å². The molecule has 0 saturated carbocycles. The van der Waals surface area contributed by atoms with E-state index in [1.807, 2.05) is 13.8 Å². The van der Waals surface area contributed by atoms with Crippen LogP contribution in [0, 0.1) is 11.7 Å². The molecule has 0 aliphatic carbocycles. The summed E-state index contributed by atoms with van der Waals surface area (Å²) in [6, 6.07) is 5.96. The topological polar surface area (TPSA) is 49.9 Å². The van der Waals surface area contributed by atoms with E-state index in [0.29, 0.717) is 26.2 Å². The molecule has 1 aromatic carbocycles. The van der Waals surface area contributed by atoms with Crippen LogP contribution in [0.1, 0.15) is 13.8 Å². The Kier molecular flexibility index (Phi) is 5.35. The molecule has 0 atom stereocenters. The van der Waals surface area contributed by atoms with Crippen LogP contribution in [0.25, 0.3) is 0 Å². The van der Waals surface area contributed by atoms with Crippen molar-refractivity contribution in [3.05, 3.63) is 30.1 Å². The molecule has 0 radical (unpaired) electrons. The van der Waals surface area contributed by atoms with Crippen LogP contribution < -0.4 is 4.74 Å². The van der Waals surface area contributed by atoms with Crippen LogP contribution in [0.3, 0.4) is 0 Å². The highest BCUT2D eigenvalue weighted by molar-refractivity contribution is 5.85. The second-order valence-electron chi connectivity index (χ2n) is 5.23. The molecule has 0 unspecified atom stereocenters. The fourth-order valence-electron chi connectivity index (χ4n) is 2.42. The average molecular weight is 308 g/mol. The monoisotopic (exact) mass is 308 g/mol. The summed E-state index contributed by atoms with van der Waals surface area (Å²) in [5.74, 6) is -0.700. The zero-order valence-electron chi connectivity index (χ0n) is 12.9. The Labute approximate surface area is 129 Å². The van der Waals surface area contributed by atoms with Crippen molar-refractivity contribution in [2.75, 3.05) is 32.8 Å². The molecule has 6 heteroatoms. The molecule has 2 rings (SSSR count). The van der Waals surface area contributed by atoms with E-state index >= 15 is 0 Å². The van der Waals surface area contributed by atoms with E-state index in [2.05, 4.69) is 0 Å². The molecule has 0 spiro atoms. The van der Waals surface area contributed by atoms with Gasteiger partial charge in [-0.25, -0.2) is 4.39 Å². The Bertz CT molecular complexity index is 540. The van der Waals surface area contributed by atoms with Gasteiger partial charge in [0.15, 0.2) is 18.2 Å². The smallest absolute Gasteiger partial charge is 0.260 e. The van der Waals surface area contributed by atoms with Crippen LogP contribution in [-0.2, 0) is 9.59 Å². The van der Waals surface area contributed by atoms with E-state index in [-0.39, 0.29) is 30.1 Å². The van der Waals surface area contributed by atoms with Gasteiger partial charge in [0.25, 0.3) is 5.91 Å². The van der Waals surface area contributed by atoms with Crippen LogP contribution in [0.2, 0.25) is 0 Å². The summed E-state index contributed by atoms with van der Waals surface area (Å²) < 4.78 is 18.6. The third kappa shape index (κ3) is 3.55. The standard InChI is InChI=1S/C16H21FN2O3/c1-3-18(4-2)16(21)12-9-19(10-12)15(20)11-22-14-8-6-5-7-13(14)17/h5-8,12H,3-4,9-11H2,1-2H3. The first kappa shape index (κ1) is 16.3. The number of rotatable bonds is 6. The van der Waals surface area contributed by atoms with Gasteiger partial charge < -0.3 is 14.5 Å². The lowest BCUT2D eigenvalue weighted by Crippen LogP contribution is -2.57. The van der Waals surface area contributed by atoms with E-state index in [9.17, 15) is 14.0 Å². The first-order valence-corrected chi connectivity index (χ1v) is 7.50. The molecule has 2 amide bonds. The quantitative estimate of drug-likeness (QED) is 0.801. The Hall–Kier alpha value is -2.11. The highest BCUT2D eigenvalue weighted by Crippen LogP contribution is 2.20. The van der Waals surface area contributed by atoms with Crippen LogP contribution >= 0.6 is 0 Å². The second kappa shape index (κ2) is 7.24. The number of ether oxygens (including phenoxy) is 1. The van der Waals surface area contributed by atoms with Crippen molar-refractivity contribution in [3.63, 3.8) is 0 Å². The second-order valence-corrected chi connectivity index (χ2v) is 5.23. The maximum absolute atomic E-state index is 13.4. The van der Waals surface area contributed by atoms with Gasteiger partial charge in [0.2, 0.25) is 5.91 Å². The Morgan fingerprint density at radius 3 is 2.50 bits per heavy atom. The van der Waals surface area contributed by atoms with Crippen LogP contribution in [0.4, 0.5) is 4.39 Å². The number of carbonyl (C=O) groups is 2. The molecule has 22 heavy (non-hydrogen) atoms. The lowest BCUT2D eigenvalue weighted by molar-refractivity contribution is -0.149. The van der Waals surface area contributed by atoms with Gasteiger partial charge in [0.05, 0.1) is 5.92 Å². The molecule has 0 bridgehead atoms. The molecule has 1 saturated heterocycles. The largest absolute Gasteiger partial charge is 0.481 e. The number of halogens is 1. The van der Waals surface area contributed by atoms with Crippen LogP contribution in [-0.4, -0.2) is 54.4 Å². The van der Waals surface area contributed by atoms with Gasteiger partial charge >= 0.3 is 0 Å². The number of para-hydroxylation sites is 1.